The van der Waals surface area contributed by atoms with E-state index < -0.39 is 17.9 Å². The molecule has 0 aliphatic rings. The van der Waals surface area contributed by atoms with Gasteiger partial charge in [0, 0.05) is 18.8 Å². The number of allylic oxidation sites excluding steroid dienone is 1. The fraction of sp³-hybridized carbons (Fsp3) is 0.844. The minimum atomic E-state index is -1.02. The Balaban J connectivity index is 4.45. The van der Waals surface area contributed by atoms with Gasteiger partial charge in [-0.25, -0.2) is 0 Å². The van der Waals surface area contributed by atoms with Crippen LogP contribution in [0.1, 0.15) is 148 Å². The van der Waals surface area contributed by atoms with Crippen molar-refractivity contribution in [3.63, 3.8) is 0 Å². The maximum atomic E-state index is 11.0. The Kier molecular flexibility index (Phi) is 25.1. The van der Waals surface area contributed by atoms with E-state index in [1.54, 1.807) is 0 Å². The maximum absolute atomic E-state index is 11.0. The first-order valence-corrected chi connectivity index (χ1v) is 15.9. The Hall–Kier alpha value is -1.89. The molecule has 0 fully saturated rings. The van der Waals surface area contributed by atoms with Gasteiger partial charge in [0.2, 0.25) is 0 Å². The molecule has 0 aliphatic heterocycles. The first kappa shape index (κ1) is 37.1. The molecule has 7 heteroatoms. The molecule has 0 rings (SSSR count). The number of hydrogen-bond donors (Lipinski definition) is 2. The molecule has 0 atom stereocenters. The van der Waals surface area contributed by atoms with Gasteiger partial charge in [-0.15, -0.1) is 6.58 Å². The van der Waals surface area contributed by atoms with Crippen molar-refractivity contribution in [3.8, 4) is 0 Å². The third kappa shape index (κ3) is 26.1. The summed E-state index contributed by atoms with van der Waals surface area (Å²) in [5.74, 6) is -2.57. The number of rotatable bonds is 31. The Bertz CT molecular complexity index is 581. The van der Waals surface area contributed by atoms with Crippen LogP contribution in [0.3, 0.4) is 0 Å². The van der Waals surface area contributed by atoms with Gasteiger partial charge >= 0.3 is 11.9 Å². The van der Waals surface area contributed by atoms with Crippen molar-refractivity contribution < 1.29 is 34.2 Å². The molecule has 0 saturated heterocycles. The Morgan fingerprint density at radius 1 is 0.513 bits per heavy atom. The molecule has 0 heterocycles. The predicted molar refractivity (Wildman–Crippen MR) is 156 cm³/mol. The molecule has 0 unspecified atom stereocenters. The summed E-state index contributed by atoms with van der Waals surface area (Å²) in [6, 6.07) is 0. The standard InChI is InChI=1S/C32H59NO6/c1-2-3-4-5-6-7-8-9-10-11-12-13-14-15-19-26-33(27-20-16-23-30(34)35,28-21-17-24-31(36)37)29-22-18-25-32(38)39/h2H,1,3-29H2,(H2-,34,35,36,37,38,39). The number of carbonyl (C=O) groups excluding carboxylic acids is 1. The van der Waals surface area contributed by atoms with Crippen LogP contribution in [0.15, 0.2) is 12.7 Å². The van der Waals surface area contributed by atoms with Crippen LogP contribution in [0.4, 0.5) is 0 Å². The smallest absolute Gasteiger partial charge is 0.303 e. The summed E-state index contributed by atoms with van der Waals surface area (Å²) in [5, 5.41) is 28.9. The first-order valence-electron chi connectivity index (χ1n) is 15.9. The van der Waals surface area contributed by atoms with Crippen molar-refractivity contribution in [2.24, 2.45) is 0 Å². The molecule has 0 aromatic heterocycles. The molecule has 0 aromatic carbocycles. The Morgan fingerprint density at radius 3 is 1.15 bits per heavy atom. The lowest BCUT2D eigenvalue weighted by atomic mass is 10.0. The van der Waals surface area contributed by atoms with Crippen molar-refractivity contribution in [2.75, 3.05) is 26.2 Å². The van der Waals surface area contributed by atoms with E-state index in [-0.39, 0.29) is 19.3 Å². The number of carboxylic acids is 3. The molecule has 7 nitrogen and oxygen atoms in total. The molecule has 0 amide bonds. The monoisotopic (exact) mass is 553 g/mol. The third-order valence-electron chi connectivity index (χ3n) is 7.85. The van der Waals surface area contributed by atoms with Crippen molar-refractivity contribution >= 4 is 17.9 Å². The molecule has 0 saturated carbocycles. The molecule has 2 N–H and O–H groups in total. The number of nitrogens with zero attached hydrogens (tertiary/aromatic N) is 1. The largest absolute Gasteiger partial charge is 0.550 e. The minimum absolute atomic E-state index is 0.0633. The molecule has 0 bridgehead atoms. The van der Waals surface area contributed by atoms with Crippen molar-refractivity contribution in [1.29, 1.82) is 0 Å². The van der Waals surface area contributed by atoms with Gasteiger partial charge in [0.05, 0.1) is 26.2 Å². The van der Waals surface area contributed by atoms with Crippen LogP contribution in [0.25, 0.3) is 0 Å². The number of carbonyl (C=O) groups is 3. The lowest BCUT2D eigenvalue weighted by molar-refractivity contribution is -0.929. The molecule has 0 aliphatic carbocycles. The van der Waals surface area contributed by atoms with Gasteiger partial charge in [0.25, 0.3) is 0 Å². The topological polar surface area (TPSA) is 115 Å². The van der Waals surface area contributed by atoms with Gasteiger partial charge in [-0.2, -0.15) is 0 Å². The zero-order valence-corrected chi connectivity index (χ0v) is 24.9. The summed E-state index contributed by atoms with van der Waals surface area (Å²) >= 11 is 0. The van der Waals surface area contributed by atoms with E-state index in [9.17, 15) is 19.5 Å². The molecule has 228 valence electrons. The van der Waals surface area contributed by atoms with Gasteiger partial charge in [-0.3, -0.25) is 9.59 Å². The number of unbranched alkanes of at least 4 members (excludes halogenated alkanes) is 16. The zero-order valence-electron chi connectivity index (χ0n) is 24.9. The van der Waals surface area contributed by atoms with E-state index >= 15 is 0 Å². The average Bonchev–Trinajstić information content (AvgIpc) is 2.89. The molecule has 39 heavy (non-hydrogen) atoms. The Morgan fingerprint density at radius 2 is 0.821 bits per heavy atom. The highest BCUT2D eigenvalue weighted by Gasteiger charge is 2.26. The lowest BCUT2D eigenvalue weighted by Gasteiger charge is -2.39. The van der Waals surface area contributed by atoms with E-state index in [1.165, 1.54) is 77.0 Å². The van der Waals surface area contributed by atoms with Crippen LogP contribution in [0.2, 0.25) is 0 Å². The summed E-state index contributed by atoms with van der Waals surface area (Å²) in [6.45, 7) is 7.38. The average molecular weight is 554 g/mol. The van der Waals surface area contributed by atoms with Crippen molar-refractivity contribution in [3.05, 3.63) is 12.7 Å². The number of hydrogen-bond acceptors (Lipinski definition) is 4. The SMILES string of the molecule is C=CCCCCCCCCCCCCCCC[N+](CCCCC(=O)[O-])(CCCCC(=O)O)CCCCC(=O)O. The summed E-state index contributed by atoms with van der Waals surface area (Å²) in [7, 11) is 0. The van der Waals surface area contributed by atoms with Gasteiger partial charge in [0.1, 0.15) is 0 Å². The number of carboxylic acid groups (broad SMARTS) is 3. The summed E-state index contributed by atoms with van der Waals surface area (Å²) in [5.41, 5.74) is 0. The maximum Gasteiger partial charge on any atom is 0.303 e. The highest BCUT2D eigenvalue weighted by Crippen LogP contribution is 2.20. The van der Waals surface area contributed by atoms with Gasteiger partial charge in [-0.05, 0) is 70.6 Å². The van der Waals surface area contributed by atoms with E-state index in [0.717, 1.165) is 62.8 Å². The third-order valence-corrected chi connectivity index (χ3v) is 7.85. The highest BCUT2D eigenvalue weighted by atomic mass is 16.4. The normalized spacial score (nSPS) is 11.5. The molecular formula is C32H59NO6. The molecule has 0 radical (unpaired) electrons. The number of aliphatic carboxylic acids is 3. The first-order chi connectivity index (χ1) is 18.8. The minimum Gasteiger partial charge on any atom is -0.550 e. The summed E-state index contributed by atoms with van der Waals surface area (Å²) in [6.07, 6.45) is 24.6. The van der Waals surface area contributed by atoms with Gasteiger partial charge in [-0.1, -0.05) is 70.3 Å². The van der Waals surface area contributed by atoms with Crippen LogP contribution in [0.5, 0.6) is 0 Å². The van der Waals surface area contributed by atoms with Gasteiger partial charge < -0.3 is 24.6 Å². The lowest BCUT2D eigenvalue weighted by Crippen LogP contribution is -2.51. The van der Waals surface area contributed by atoms with Crippen LogP contribution in [0, 0.1) is 0 Å². The van der Waals surface area contributed by atoms with Crippen molar-refractivity contribution in [2.45, 2.75) is 148 Å². The van der Waals surface area contributed by atoms with Crippen molar-refractivity contribution in [1.82, 2.24) is 0 Å². The van der Waals surface area contributed by atoms with Crippen LogP contribution in [-0.2, 0) is 14.4 Å². The molecule has 0 aromatic rings. The van der Waals surface area contributed by atoms with Crippen LogP contribution in [-0.4, -0.2) is 58.8 Å². The van der Waals surface area contributed by atoms with E-state index in [2.05, 4.69) is 6.58 Å². The fourth-order valence-corrected chi connectivity index (χ4v) is 5.51. The Labute approximate surface area is 238 Å². The quantitative estimate of drug-likeness (QED) is 0.0549. The van der Waals surface area contributed by atoms with E-state index in [4.69, 9.17) is 10.2 Å². The second-order valence-electron chi connectivity index (χ2n) is 11.4. The van der Waals surface area contributed by atoms with E-state index in [0.29, 0.717) is 19.3 Å². The fourth-order valence-electron chi connectivity index (χ4n) is 5.51. The van der Waals surface area contributed by atoms with Gasteiger partial charge in [0.15, 0.2) is 0 Å². The number of quaternary nitrogens is 1. The second-order valence-corrected chi connectivity index (χ2v) is 11.4. The second kappa shape index (κ2) is 26.3. The highest BCUT2D eigenvalue weighted by molar-refractivity contribution is 5.66. The zero-order chi connectivity index (χ0) is 29.0. The molecule has 0 spiro atoms. The predicted octanol–water partition coefficient (Wildman–Crippen LogP) is 6.88. The van der Waals surface area contributed by atoms with Crippen LogP contribution < -0.4 is 5.11 Å². The van der Waals surface area contributed by atoms with E-state index in [1.807, 2.05) is 6.08 Å². The summed E-state index contributed by atoms with van der Waals surface area (Å²) in [4.78, 5) is 32.8. The van der Waals surface area contributed by atoms with Crippen LogP contribution >= 0.6 is 0 Å². The molecular weight excluding hydrogens is 494 g/mol. The summed E-state index contributed by atoms with van der Waals surface area (Å²) < 4.78 is 0.847.